The van der Waals surface area contributed by atoms with Crippen LogP contribution in [-0.4, -0.2) is 28.7 Å². The van der Waals surface area contributed by atoms with E-state index in [4.69, 9.17) is 9.47 Å². The van der Waals surface area contributed by atoms with Crippen LogP contribution < -0.4 is 0 Å². The number of benzene rings is 1. The molecule has 1 aromatic heterocycles. The van der Waals surface area contributed by atoms with Crippen LogP contribution >= 0.6 is 0 Å². The Labute approximate surface area is 211 Å². The van der Waals surface area contributed by atoms with E-state index in [0.29, 0.717) is 5.56 Å². The van der Waals surface area contributed by atoms with Gasteiger partial charge in [-0.05, 0) is 45.4 Å². The van der Waals surface area contributed by atoms with Crippen molar-refractivity contribution in [3.05, 3.63) is 29.6 Å². The number of nitrogens with one attached hydrogen (secondary N) is 1. The molecule has 6 nitrogen and oxygen atoms in total. The Morgan fingerprint density at radius 2 is 1.40 bits per heavy atom. The third kappa shape index (κ3) is 11.3. The number of imidazole rings is 1. The highest BCUT2D eigenvalue weighted by atomic mass is 16.7. The van der Waals surface area contributed by atoms with E-state index in [1.54, 1.807) is 32.9 Å². The maximum absolute atomic E-state index is 12.3. The van der Waals surface area contributed by atoms with Crippen LogP contribution in [0.4, 0.5) is 0 Å². The van der Waals surface area contributed by atoms with Crippen LogP contribution in [0.5, 0.6) is 0 Å². The van der Waals surface area contributed by atoms with Crippen LogP contribution in [0, 0.1) is 5.41 Å². The summed E-state index contributed by atoms with van der Waals surface area (Å²) in [6, 6.07) is 5.24. The number of hydrogen-bond acceptors (Lipinski definition) is 5. The molecule has 1 N–H and O–H groups in total. The second-order valence-electron chi connectivity index (χ2n) is 10.6. The molecule has 0 atom stereocenters. The lowest BCUT2D eigenvalue weighted by molar-refractivity contribution is -0.161. The summed E-state index contributed by atoms with van der Waals surface area (Å²) in [6.45, 7) is 7.13. The van der Waals surface area contributed by atoms with Gasteiger partial charge in [0.25, 0.3) is 0 Å². The number of aryl methyl sites for hydroxylation is 1. The fourth-order valence-electron chi connectivity index (χ4n) is 4.05. The summed E-state index contributed by atoms with van der Waals surface area (Å²) in [5.74, 6) is 0.0149. The third-order valence-corrected chi connectivity index (χ3v) is 6.28. The minimum atomic E-state index is -0.634. The average molecular weight is 487 g/mol. The third-order valence-electron chi connectivity index (χ3n) is 6.28. The van der Waals surface area contributed by atoms with Gasteiger partial charge in [-0.3, -0.25) is 4.79 Å². The maximum atomic E-state index is 12.3. The molecule has 0 saturated heterocycles. The monoisotopic (exact) mass is 486 g/mol. The van der Waals surface area contributed by atoms with Crippen LogP contribution in [-0.2, 0) is 20.7 Å². The van der Waals surface area contributed by atoms with E-state index < -0.39 is 17.4 Å². The smallest absolute Gasteiger partial charge is 0.341 e. The fourth-order valence-corrected chi connectivity index (χ4v) is 4.05. The van der Waals surface area contributed by atoms with Crippen LogP contribution in [0.25, 0.3) is 11.0 Å². The predicted molar refractivity (Wildman–Crippen MR) is 141 cm³/mol. The van der Waals surface area contributed by atoms with Gasteiger partial charge in [0, 0.05) is 6.42 Å². The van der Waals surface area contributed by atoms with Gasteiger partial charge >= 0.3 is 11.9 Å². The number of unbranched alkanes of at least 4 members (excludes halogenated alkanes) is 12. The highest BCUT2D eigenvalue weighted by Gasteiger charge is 2.23. The standard InChI is InChI=1S/C29H46N2O4/c1-5-6-7-8-9-10-11-12-13-14-15-16-17-18-26-30-24-20-19-23(21-25(24)31-26)27(32)34-22-35-28(33)29(2,3)4/h19-21H,5-18,22H2,1-4H3,(H,30,31). The average Bonchev–Trinajstić information content (AvgIpc) is 3.23. The van der Waals surface area contributed by atoms with Gasteiger partial charge in [-0.2, -0.15) is 0 Å². The first-order chi connectivity index (χ1) is 16.8. The molecule has 0 spiro atoms. The molecule has 1 aromatic carbocycles. The quantitative estimate of drug-likeness (QED) is 0.140. The summed E-state index contributed by atoms with van der Waals surface area (Å²) >= 11 is 0. The van der Waals surface area contributed by atoms with E-state index in [1.165, 1.54) is 77.0 Å². The molecule has 0 aliphatic rings. The molecule has 2 rings (SSSR count). The van der Waals surface area contributed by atoms with Crippen LogP contribution in [0.2, 0.25) is 0 Å². The van der Waals surface area contributed by atoms with Gasteiger partial charge in [-0.1, -0.05) is 84.0 Å². The first kappa shape index (κ1) is 28.9. The molecule has 0 aliphatic carbocycles. The van der Waals surface area contributed by atoms with E-state index in [9.17, 15) is 9.59 Å². The first-order valence-electron chi connectivity index (χ1n) is 13.6. The Morgan fingerprint density at radius 3 is 1.97 bits per heavy atom. The van der Waals surface area contributed by atoms with E-state index in [0.717, 1.165) is 29.7 Å². The number of carbonyl (C=O) groups is 2. The largest absolute Gasteiger partial charge is 0.427 e. The van der Waals surface area contributed by atoms with Crippen molar-refractivity contribution < 1.29 is 19.1 Å². The molecule has 0 aliphatic heterocycles. The Morgan fingerprint density at radius 1 is 0.829 bits per heavy atom. The van der Waals surface area contributed by atoms with Gasteiger partial charge in [0.2, 0.25) is 6.79 Å². The van der Waals surface area contributed by atoms with Gasteiger partial charge < -0.3 is 14.5 Å². The number of esters is 2. The molecule has 196 valence electrons. The lowest BCUT2D eigenvalue weighted by atomic mass is 9.98. The molecule has 2 aromatic rings. The number of H-pyrrole nitrogens is 1. The van der Waals surface area contributed by atoms with Crippen molar-refractivity contribution in [3.63, 3.8) is 0 Å². The maximum Gasteiger partial charge on any atom is 0.341 e. The van der Waals surface area contributed by atoms with Crippen molar-refractivity contribution in [2.75, 3.05) is 6.79 Å². The molecule has 0 bridgehead atoms. The van der Waals surface area contributed by atoms with Crippen molar-refractivity contribution in [3.8, 4) is 0 Å². The topological polar surface area (TPSA) is 81.3 Å². The normalized spacial score (nSPS) is 11.7. The SMILES string of the molecule is CCCCCCCCCCCCCCCc1nc2ccc(C(=O)OCOC(=O)C(C)(C)C)cc2[nH]1. The molecule has 6 heteroatoms. The van der Waals surface area contributed by atoms with Crippen molar-refractivity contribution in [2.45, 2.75) is 118 Å². The van der Waals surface area contributed by atoms with Crippen molar-refractivity contribution >= 4 is 23.0 Å². The summed E-state index contributed by atoms with van der Waals surface area (Å²) in [4.78, 5) is 32.0. The summed E-state index contributed by atoms with van der Waals surface area (Å²) < 4.78 is 10.1. The lowest BCUT2D eigenvalue weighted by Gasteiger charge is -2.16. The Bertz CT molecular complexity index is 898. The van der Waals surface area contributed by atoms with Gasteiger partial charge in [0.1, 0.15) is 5.82 Å². The summed E-state index contributed by atoms with van der Waals surface area (Å²) in [5, 5.41) is 0. The number of aromatic nitrogens is 2. The van der Waals surface area contributed by atoms with Gasteiger partial charge in [0.05, 0.1) is 22.0 Å². The first-order valence-corrected chi connectivity index (χ1v) is 13.6. The highest BCUT2D eigenvalue weighted by Crippen LogP contribution is 2.18. The number of rotatable bonds is 17. The molecule has 0 saturated carbocycles. The number of nitrogens with zero attached hydrogens (tertiary/aromatic N) is 1. The number of fused-ring (bicyclic) bond motifs is 1. The highest BCUT2D eigenvalue weighted by molar-refractivity contribution is 5.93. The molecule has 0 radical (unpaired) electrons. The zero-order valence-electron chi connectivity index (χ0n) is 22.4. The van der Waals surface area contributed by atoms with Crippen molar-refractivity contribution in [2.24, 2.45) is 5.41 Å². The van der Waals surface area contributed by atoms with Crippen LogP contribution in [0.1, 0.15) is 127 Å². The molecular weight excluding hydrogens is 440 g/mol. The molecule has 1 heterocycles. The molecule has 0 fully saturated rings. The number of carbonyl (C=O) groups excluding carboxylic acids is 2. The Kier molecular flexibility index (Phi) is 12.9. The van der Waals surface area contributed by atoms with E-state index in [1.807, 2.05) is 6.07 Å². The minimum absolute atomic E-state index is 0.389. The second kappa shape index (κ2) is 15.6. The predicted octanol–water partition coefficient (Wildman–Crippen LogP) is 7.90. The summed E-state index contributed by atoms with van der Waals surface area (Å²) in [6.07, 6.45) is 18.3. The van der Waals surface area contributed by atoms with E-state index >= 15 is 0 Å². The lowest BCUT2D eigenvalue weighted by Crippen LogP contribution is -2.24. The Balaban J connectivity index is 1.61. The minimum Gasteiger partial charge on any atom is -0.427 e. The van der Waals surface area contributed by atoms with E-state index in [2.05, 4.69) is 16.9 Å². The molecule has 0 unspecified atom stereocenters. The fraction of sp³-hybridized carbons (Fsp3) is 0.690. The Hall–Kier alpha value is -2.37. The second-order valence-corrected chi connectivity index (χ2v) is 10.6. The van der Waals surface area contributed by atoms with Crippen molar-refractivity contribution in [1.82, 2.24) is 9.97 Å². The summed E-state index contributed by atoms with van der Waals surface area (Å²) in [7, 11) is 0. The zero-order chi connectivity index (χ0) is 25.5. The summed E-state index contributed by atoms with van der Waals surface area (Å²) in [5.41, 5.74) is 1.42. The zero-order valence-corrected chi connectivity index (χ0v) is 22.4. The molecule has 35 heavy (non-hydrogen) atoms. The van der Waals surface area contributed by atoms with Crippen molar-refractivity contribution in [1.29, 1.82) is 0 Å². The van der Waals surface area contributed by atoms with Gasteiger partial charge in [-0.25, -0.2) is 9.78 Å². The molecular formula is C29H46N2O4. The van der Waals surface area contributed by atoms with Gasteiger partial charge in [-0.15, -0.1) is 0 Å². The number of ether oxygens (including phenoxy) is 2. The van der Waals surface area contributed by atoms with Gasteiger partial charge in [0.15, 0.2) is 0 Å². The number of hydrogen-bond donors (Lipinski definition) is 1. The number of aromatic amines is 1. The van der Waals surface area contributed by atoms with Crippen LogP contribution in [0.15, 0.2) is 18.2 Å². The van der Waals surface area contributed by atoms with Crippen LogP contribution in [0.3, 0.4) is 0 Å². The van der Waals surface area contributed by atoms with E-state index in [-0.39, 0.29) is 6.79 Å². The molecule has 0 amide bonds.